The number of thiophene rings is 1. The lowest BCUT2D eigenvalue weighted by Crippen LogP contribution is -2.08. The van der Waals surface area contributed by atoms with E-state index in [1.54, 1.807) is 13.0 Å². The fourth-order valence-electron chi connectivity index (χ4n) is 1.80. The molecule has 114 valence electrons. The van der Waals surface area contributed by atoms with Crippen molar-refractivity contribution in [1.82, 2.24) is 0 Å². The molecule has 0 amide bonds. The number of rotatable bonds is 4. The predicted octanol–water partition coefficient (Wildman–Crippen LogP) is 4.77. The third kappa shape index (κ3) is 3.88. The monoisotopic (exact) mass is 367 g/mol. The minimum atomic E-state index is -3.40. The molecule has 1 heterocycles. The van der Waals surface area contributed by atoms with Crippen molar-refractivity contribution in [3.8, 4) is 0 Å². The number of anilines is 1. The normalized spacial score (nSPS) is 13.2. The number of hydrogen-bond acceptors (Lipinski definition) is 4. The summed E-state index contributed by atoms with van der Waals surface area (Å²) in [5, 5.41) is 2.92. The molecule has 1 aromatic heterocycles. The highest BCUT2D eigenvalue weighted by Crippen LogP contribution is 2.36. The molecule has 1 aromatic carbocycles. The third-order valence-electron chi connectivity index (χ3n) is 2.89. The van der Waals surface area contributed by atoms with Crippen LogP contribution in [0.25, 0.3) is 0 Å². The average molecular weight is 368 g/mol. The van der Waals surface area contributed by atoms with Gasteiger partial charge < -0.3 is 5.32 Å². The zero-order valence-electron chi connectivity index (χ0n) is 11.2. The zero-order valence-corrected chi connectivity index (χ0v) is 14.3. The molecule has 0 bridgehead atoms. The largest absolute Gasteiger partial charge is 0.376 e. The molecular formula is C13H12Cl2FNO2S2. The van der Waals surface area contributed by atoms with Gasteiger partial charge in [0.15, 0.2) is 9.84 Å². The van der Waals surface area contributed by atoms with Gasteiger partial charge >= 0.3 is 0 Å². The lowest BCUT2D eigenvalue weighted by molar-refractivity contribution is 0.600. The van der Waals surface area contributed by atoms with E-state index < -0.39 is 15.7 Å². The number of benzene rings is 1. The Hall–Kier alpha value is -0.820. The lowest BCUT2D eigenvalue weighted by Gasteiger charge is -2.16. The van der Waals surface area contributed by atoms with Gasteiger partial charge in [-0.3, -0.25) is 0 Å². The molecule has 1 N–H and O–H groups in total. The molecule has 0 radical (unpaired) electrons. The molecule has 2 rings (SSSR count). The van der Waals surface area contributed by atoms with Crippen LogP contribution in [0.3, 0.4) is 0 Å². The summed E-state index contributed by atoms with van der Waals surface area (Å²) in [5.74, 6) is -0.535. The Balaban J connectivity index is 2.33. The first kappa shape index (κ1) is 16.5. The molecule has 0 saturated heterocycles. The summed E-state index contributed by atoms with van der Waals surface area (Å²) in [6.07, 6.45) is 1.07. The summed E-state index contributed by atoms with van der Waals surface area (Å²) in [7, 11) is -3.40. The van der Waals surface area contributed by atoms with E-state index in [-0.39, 0.29) is 16.6 Å². The van der Waals surface area contributed by atoms with E-state index in [4.69, 9.17) is 23.2 Å². The molecule has 0 fully saturated rings. The Kier molecular flexibility index (Phi) is 4.82. The molecule has 8 heteroatoms. The summed E-state index contributed by atoms with van der Waals surface area (Å²) in [4.78, 5) is 0.0491. The smallest absolute Gasteiger partial charge is 0.175 e. The SMILES string of the molecule is CC(Nc1cc(S(C)(=O)=O)ccc1F)c1cc(Cl)sc1Cl. The van der Waals surface area contributed by atoms with Crippen molar-refractivity contribution in [2.24, 2.45) is 0 Å². The standard InChI is InChI=1S/C13H12Cl2FNO2S2/c1-7(9-6-12(14)20-13(9)15)17-11-5-8(21(2,18)19)3-4-10(11)16/h3-7,17H,1-2H3. The van der Waals surface area contributed by atoms with Crippen molar-refractivity contribution in [2.75, 3.05) is 11.6 Å². The Morgan fingerprint density at radius 1 is 1.29 bits per heavy atom. The highest BCUT2D eigenvalue weighted by atomic mass is 35.5. The Morgan fingerprint density at radius 3 is 2.48 bits per heavy atom. The Morgan fingerprint density at radius 2 is 1.95 bits per heavy atom. The fourth-order valence-corrected chi connectivity index (χ4v) is 4.10. The van der Waals surface area contributed by atoms with Crippen LogP contribution in [0.15, 0.2) is 29.2 Å². The molecule has 0 saturated carbocycles. The number of hydrogen-bond donors (Lipinski definition) is 1. The van der Waals surface area contributed by atoms with E-state index in [1.807, 2.05) is 0 Å². The van der Waals surface area contributed by atoms with Crippen molar-refractivity contribution in [2.45, 2.75) is 17.9 Å². The van der Waals surface area contributed by atoms with E-state index in [9.17, 15) is 12.8 Å². The molecule has 0 aliphatic rings. The fraction of sp³-hybridized carbons (Fsp3) is 0.231. The molecular weight excluding hydrogens is 356 g/mol. The van der Waals surface area contributed by atoms with Gasteiger partial charge in [0.05, 0.1) is 25.3 Å². The van der Waals surface area contributed by atoms with E-state index in [0.29, 0.717) is 8.67 Å². The van der Waals surface area contributed by atoms with E-state index in [2.05, 4.69) is 5.32 Å². The van der Waals surface area contributed by atoms with Crippen LogP contribution in [-0.2, 0) is 9.84 Å². The molecule has 21 heavy (non-hydrogen) atoms. The molecule has 0 aliphatic heterocycles. The van der Waals surface area contributed by atoms with Crippen molar-refractivity contribution in [3.63, 3.8) is 0 Å². The zero-order chi connectivity index (χ0) is 15.8. The maximum Gasteiger partial charge on any atom is 0.175 e. The summed E-state index contributed by atoms with van der Waals surface area (Å²) in [5.41, 5.74) is 0.833. The molecule has 0 aliphatic carbocycles. The van der Waals surface area contributed by atoms with Gasteiger partial charge in [0, 0.05) is 11.8 Å². The van der Waals surface area contributed by atoms with Crippen molar-refractivity contribution >= 4 is 50.1 Å². The first-order chi connectivity index (χ1) is 9.68. The van der Waals surface area contributed by atoms with Gasteiger partial charge in [-0.05, 0) is 31.2 Å². The minimum Gasteiger partial charge on any atom is -0.376 e. The van der Waals surface area contributed by atoms with Gasteiger partial charge in [0.2, 0.25) is 0 Å². The van der Waals surface area contributed by atoms with Crippen molar-refractivity contribution in [1.29, 1.82) is 0 Å². The van der Waals surface area contributed by atoms with E-state index in [0.717, 1.165) is 17.9 Å². The molecule has 1 unspecified atom stereocenters. The highest BCUT2D eigenvalue weighted by molar-refractivity contribution is 7.90. The number of halogens is 3. The van der Waals surface area contributed by atoms with Gasteiger partial charge in [-0.2, -0.15) is 0 Å². The van der Waals surface area contributed by atoms with Gasteiger partial charge in [0.25, 0.3) is 0 Å². The molecule has 1 atom stereocenters. The van der Waals surface area contributed by atoms with Crippen LogP contribution in [0, 0.1) is 5.82 Å². The molecule has 2 aromatic rings. The predicted molar refractivity (Wildman–Crippen MR) is 85.9 cm³/mol. The van der Waals surface area contributed by atoms with Gasteiger partial charge in [-0.25, -0.2) is 12.8 Å². The van der Waals surface area contributed by atoms with Crippen LogP contribution in [0.2, 0.25) is 8.67 Å². The summed E-state index contributed by atoms with van der Waals surface area (Å²) in [6.45, 7) is 1.79. The molecule has 0 spiro atoms. The third-order valence-corrected chi connectivity index (χ3v) is 5.52. The van der Waals surface area contributed by atoms with Crippen LogP contribution in [0.1, 0.15) is 18.5 Å². The second-order valence-corrected chi connectivity index (χ2v) is 8.86. The van der Waals surface area contributed by atoms with Crippen molar-refractivity contribution in [3.05, 3.63) is 44.3 Å². The second-order valence-electron chi connectivity index (χ2n) is 4.56. The van der Waals surface area contributed by atoms with Gasteiger partial charge in [0.1, 0.15) is 5.82 Å². The second kappa shape index (κ2) is 6.12. The quantitative estimate of drug-likeness (QED) is 0.791. The Bertz CT molecular complexity index is 774. The average Bonchev–Trinajstić information content (AvgIpc) is 2.70. The van der Waals surface area contributed by atoms with E-state index >= 15 is 0 Å². The highest BCUT2D eigenvalue weighted by Gasteiger charge is 2.16. The Labute approximate surface area is 136 Å². The first-order valence-corrected chi connectivity index (χ1v) is 9.35. The van der Waals surface area contributed by atoms with Gasteiger partial charge in [-0.1, -0.05) is 23.2 Å². The maximum atomic E-state index is 13.8. The molecule has 3 nitrogen and oxygen atoms in total. The van der Waals surface area contributed by atoms with Crippen LogP contribution < -0.4 is 5.32 Å². The number of sulfone groups is 1. The first-order valence-electron chi connectivity index (χ1n) is 5.89. The van der Waals surface area contributed by atoms with Crippen LogP contribution in [-0.4, -0.2) is 14.7 Å². The van der Waals surface area contributed by atoms with Crippen molar-refractivity contribution < 1.29 is 12.8 Å². The van der Waals surface area contributed by atoms with Crippen LogP contribution in [0.4, 0.5) is 10.1 Å². The van der Waals surface area contributed by atoms with Gasteiger partial charge in [-0.15, -0.1) is 11.3 Å². The lowest BCUT2D eigenvalue weighted by atomic mass is 10.1. The van der Waals surface area contributed by atoms with Crippen LogP contribution >= 0.6 is 34.5 Å². The minimum absolute atomic E-state index is 0.0491. The topological polar surface area (TPSA) is 46.2 Å². The summed E-state index contributed by atoms with van der Waals surface area (Å²) < 4.78 is 37.9. The van der Waals surface area contributed by atoms with E-state index in [1.165, 1.54) is 23.5 Å². The van der Waals surface area contributed by atoms with Crippen LogP contribution in [0.5, 0.6) is 0 Å². The summed E-state index contributed by atoms with van der Waals surface area (Å²) in [6, 6.07) is 5.00. The summed E-state index contributed by atoms with van der Waals surface area (Å²) >= 11 is 13.2. The number of nitrogens with one attached hydrogen (secondary N) is 1. The maximum absolute atomic E-state index is 13.8.